The molecule has 1 aromatic carbocycles. The average molecular weight is 473 g/mol. The van der Waals surface area contributed by atoms with E-state index in [1.807, 2.05) is 0 Å². The molecule has 1 amide bonds. The van der Waals surface area contributed by atoms with Crippen molar-refractivity contribution >= 4 is 39.8 Å². The van der Waals surface area contributed by atoms with Gasteiger partial charge in [0.2, 0.25) is 11.6 Å². The second kappa shape index (κ2) is 9.46. The number of nitro benzene ring substituents is 1. The van der Waals surface area contributed by atoms with Crippen molar-refractivity contribution in [2.45, 2.75) is 25.9 Å². The third-order valence-electron chi connectivity index (χ3n) is 4.90. The second-order valence-electron chi connectivity index (χ2n) is 6.88. The molecule has 0 aliphatic carbocycles. The number of carbonyl (C=O) groups excluding carboxylic acids is 2. The molecule has 0 bridgehead atoms. The molecule has 1 aliphatic heterocycles. The van der Waals surface area contributed by atoms with E-state index in [0.717, 1.165) is 23.7 Å². The van der Waals surface area contributed by atoms with Crippen LogP contribution in [-0.4, -0.2) is 46.1 Å². The van der Waals surface area contributed by atoms with Crippen LogP contribution in [0.25, 0.3) is 0 Å². The lowest BCUT2D eigenvalue weighted by Crippen LogP contribution is -2.38. The Bertz CT molecular complexity index is 1020. The number of alkyl halides is 3. The molecule has 1 aliphatic rings. The molecule has 1 fully saturated rings. The number of rotatable bonds is 6. The van der Waals surface area contributed by atoms with Crippen molar-refractivity contribution in [3.05, 3.63) is 39.6 Å². The van der Waals surface area contributed by atoms with Gasteiger partial charge in [-0.05, 0) is 31.9 Å². The van der Waals surface area contributed by atoms with E-state index in [2.05, 4.69) is 14.9 Å². The summed E-state index contributed by atoms with van der Waals surface area (Å²) in [6.07, 6.45) is -4.07. The predicted molar refractivity (Wildman–Crippen MR) is 108 cm³/mol. The molecule has 10 nitrogen and oxygen atoms in total. The first kappa shape index (κ1) is 23.4. The molecule has 1 saturated heterocycles. The molecule has 0 spiro atoms. The number of amides is 1. The fourth-order valence-electron chi connectivity index (χ4n) is 3.32. The van der Waals surface area contributed by atoms with Gasteiger partial charge in [-0.2, -0.15) is 13.2 Å². The highest BCUT2D eigenvalue weighted by Gasteiger charge is 2.35. The van der Waals surface area contributed by atoms with Gasteiger partial charge < -0.3 is 15.0 Å². The molecule has 1 N–H and O–H groups in total. The van der Waals surface area contributed by atoms with Gasteiger partial charge in [0.25, 0.3) is 5.69 Å². The zero-order chi connectivity index (χ0) is 23.5. The van der Waals surface area contributed by atoms with Gasteiger partial charge in [0, 0.05) is 36.6 Å². The Morgan fingerprint density at radius 3 is 2.62 bits per heavy atom. The number of piperidine rings is 1. The Labute approximate surface area is 183 Å². The monoisotopic (exact) mass is 473 g/mol. The first-order valence-corrected chi connectivity index (χ1v) is 10.3. The highest BCUT2D eigenvalue weighted by Crippen LogP contribution is 2.37. The maximum Gasteiger partial charge on any atom is 0.416 e. The zero-order valence-electron chi connectivity index (χ0n) is 16.7. The fourth-order valence-corrected chi connectivity index (χ4v) is 3.88. The third kappa shape index (κ3) is 5.12. The maximum absolute atomic E-state index is 12.9. The van der Waals surface area contributed by atoms with Gasteiger partial charge in [-0.15, -0.1) is 5.10 Å². The van der Waals surface area contributed by atoms with Crippen molar-refractivity contribution in [2.75, 3.05) is 29.9 Å². The Balaban J connectivity index is 1.67. The number of esters is 1. The topological polar surface area (TPSA) is 128 Å². The number of nitrogens with one attached hydrogen (secondary N) is 1. The smallest absolute Gasteiger partial charge is 0.416 e. The number of anilines is 2. The number of carbonyl (C=O) groups is 2. The van der Waals surface area contributed by atoms with Crippen molar-refractivity contribution < 1.29 is 32.4 Å². The van der Waals surface area contributed by atoms with E-state index in [1.165, 1.54) is 0 Å². The van der Waals surface area contributed by atoms with E-state index >= 15 is 0 Å². The Morgan fingerprint density at radius 1 is 1.34 bits per heavy atom. The van der Waals surface area contributed by atoms with E-state index in [-0.39, 0.29) is 42.0 Å². The number of ether oxygens (including phenoxy) is 1. The number of nitrogens with zero attached hydrogens (tertiary/aromatic N) is 4. The van der Waals surface area contributed by atoms with Crippen LogP contribution in [0.15, 0.2) is 18.2 Å². The molecule has 1 aromatic heterocycles. The van der Waals surface area contributed by atoms with Crippen LogP contribution >= 0.6 is 11.5 Å². The summed E-state index contributed by atoms with van der Waals surface area (Å²) >= 11 is 0.831. The van der Waals surface area contributed by atoms with Crippen molar-refractivity contribution in [2.24, 2.45) is 5.92 Å². The molecule has 0 atom stereocenters. The summed E-state index contributed by atoms with van der Waals surface area (Å²) in [5, 5.41) is 17.8. The number of hydrogen-bond acceptors (Lipinski definition) is 9. The lowest BCUT2D eigenvalue weighted by atomic mass is 9.95. The van der Waals surface area contributed by atoms with Crippen molar-refractivity contribution in [1.29, 1.82) is 0 Å². The number of nitro groups is 1. The predicted octanol–water partition coefficient (Wildman–Crippen LogP) is 3.50. The first-order chi connectivity index (χ1) is 15.1. The summed E-state index contributed by atoms with van der Waals surface area (Å²) in [6.45, 7) is 2.23. The van der Waals surface area contributed by atoms with Gasteiger partial charge >= 0.3 is 12.1 Å². The van der Waals surface area contributed by atoms with E-state index in [4.69, 9.17) is 4.74 Å². The summed E-state index contributed by atoms with van der Waals surface area (Å²) in [6, 6.07) is 2.40. The van der Waals surface area contributed by atoms with Crippen LogP contribution in [0.3, 0.4) is 0 Å². The molecule has 14 heteroatoms. The Morgan fingerprint density at radius 2 is 2.03 bits per heavy atom. The normalized spacial score (nSPS) is 14.8. The van der Waals surface area contributed by atoms with Crippen molar-refractivity contribution in [3.8, 4) is 0 Å². The molecular formula is C18H18F3N5O5S. The van der Waals surface area contributed by atoms with Crippen LogP contribution in [0.1, 0.15) is 35.8 Å². The highest BCUT2D eigenvalue weighted by atomic mass is 32.1. The molecule has 32 heavy (non-hydrogen) atoms. The van der Waals surface area contributed by atoms with Gasteiger partial charge in [-0.3, -0.25) is 14.9 Å². The lowest BCUT2D eigenvalue weighted by molar-refractivity contribution is -0.384. The summed E-state index contributed by atoms with van der Waals surface area (Å²) in [4.78, 5) is 36.5. The molecule has 0 saturated carbocycles. The summed E-state index contributed by atoms with van der Waals surface area (Å²) in [7, 11) is 0. The van der Waals surface area contributed by atoms with E-state index in [9.17, 15) is 32.9 Å². The maximum atomic E-state index is 12.9. The van der Waals surface area contributed by atoms with Gasteiger partial charge in [0.15, 0.2) is 5.00 Å². The molecule has 0 radical (unpaired) electrons. The number of hydrogen-bond donors (Lipinski definition) is 1. The summed E-state index contributed by atoms with van der Waals surface area (Å²) < 4.78 is 47.2. The minimum atomic E-state index is -4.69. The minimum absolute atomic E-state index is 0.0677. The van der Waals surface area contributed by atoms with E-state index in [0.29, 0.717) is 18.9 Å². The zero-order valence-corrected chi connectivity index (χ0v) is 17.5. The summed E-state index contributed by atoms with van der Waals surface area (Å²) in [5.41, 5.74) is -1.77. The standard InChI is InChI=1S/C18H18F3N5O5S/c1-2-31-17(28)14-16(32-24-23-14)22-15(27)10-5-7-25(8-6-10)12-4-3-11(18(19,20)21)9-13(12)26(29)30/h3-4,9-10H,2,5-8H2,1H3,(H,22,27). The highest BCUT2D eigenvalue weighted by molar-refractivity contribution is 7.10. The largest absolute Gasteiger partial charge is 0.461 e. The molecular weight excluding hydrogens is 455 g/mol. The number of benzene rings is 1. The SMILES string of the molecule is CCOC(=O)c1nnsc1NC(=O)C1CCN(c2ccc(C(F)(F)F)cc2[N+](=O)[O-])CC1. The van der Waals surface area contributed by atoms with Crippen LogP contribution in [0.4, 0.5) is 29.5 Å². The molecule has 2 aromatic rings. The lowest BCUT2D eigenvalue weighted by Gasteiger charge is -2.32. The molecule has 3 rings (SSSR count). The molecule has 2 heterocycles. The molecule has 172 valence electrons. The first-order valence-electron chi connectivity index (χ1n) is 9.52. The van der Waals surface area contributed by atoms with E-state index in [1.54, 1.807) is 11.8 Å². The summed E-state index contributed by atoms with van der Waals surface area (Å²) in [5.74, 6) is -1.54. The van der Waals surface area contributed by atoms with Crippen molar-refractivity contribution in [1.82, 2.24) is 9.59 Å². The second-order valence-corrected chi connectivity index (χ2v) is 7.63. The van der Waals surface area contributed by atoms with Crippen molar-refractivity contribution in [3.63, 3.8) is 0 Å². The number of halogens is 3. The van der Waals surface area contributed by atoms with Gasteiger partial charge in [0.05, 0.1) is 17.1 Å². The average Bonchev–Trinajstić information content (AvgIpc) is 3.21. The Kier molecular flexibility index (Phi) is 6.91. The molecule has 0 unspecified atom stereocenters. The van der Waals surface area contributed by atoms with Crippen LogP contribution in [-0.2, 0) is 15.7 Å². The fraction of sp³-hybridized carbons (Fsp3) is 0.444. The van der Waals surface area contributed by atoms with Crippen LogP contribution in [0.5, 0.6) is 0 Å². The number of aromatic nitrogens is 2. The quantitative estimate of drug-likeness (QED) is 0.384. The van der Waals surface area contributed by atoms with Gasteiger partial charge in [-0.25, -0.2) is 4.79 Å². The van der Waals surface area contributed by atoms with Crippen LogP contribution < -0.4 is 10.2 Å². The van der Waals surface area contributed by atoms with Gasteiger partial charge in [-0.1, -0.05) is 4.49 Å². The van der Waals surface area contributed by atoms with Gasteiger partial charge in [0.1, 0.15) is 5.69 Å². The van der Waals surface area contributed by atoms with Crippen LogP contribution in [0, 0.1) is 16.0 Å². The minimum Gasteiger partial charge on any atom is -0.461 e. The van der Waals surface area contributed by atoms with Crippen LogP contribution in [0.2, 0.25) is 0 Å². The third-order valence-corrected chi connectivity index (χ3v) is 5.54. The van der Waals surface area contributed by atoms with E-state index < -0.39 is 34.2 Å². The Hall–Kier alpha value is -3.29.